The Morgan fingerprint density at radius 3 is 2.59 bits per heavy atom. The average molecular weight is 389 g/mol. The fraction of sp³-hybridized carbons (Fsp3) is 0.261. The van der Waals surface area contributed by atoms with Crippen LogP contribution in [-0.4, -0.2) is 24.0 Å². The van der Waals surface area contributed by atoms with Gasteiger partial charge in [0.1, 0.15) is 11.5 Å². The van der Waals surface area contributed by atoms with Gasteiger partial charge in [-0.05, 0) is 30.5 Å². The number of rotatable bonds is 6. The van der Waals surface area contributed by atoms with E-state index in [-0.39, 0.29) is 24.8 Å². The monoisotopic (exact) mass is 389 g/mol. The maximum Gasteiger partial charge on any atom is 0.238 e. The van der Waals surface area contributed by atoms with Crippen molar-refractivity contribution in [1.82, 2.24) is 10.5 Å². The maximum absolute atomic E-state index is 13.4. The molecule has 0 bridgehead atoms. The fourth-order valence-electron chi connectivity index (χ4n) is 4.09. The summed E-state index contributed by atoms with van der Waals surface area (Å²) in [6, 6.07) is 19.3. The van der Waals surface area contributed by atoms with Crippen LogP contribution >= 0.6 is 0 Å². The predicted octanol–water partition coefficient (Wildman–Crippen LogP) is 3.15. The van der Waals surface area contributed by atoms with Gasteiger partial charge in [-0.25, -0.2) is 0 Å². The van der Waals surface area contributed by atoms with Crippen molar-refractivity contribution in [1.29, 1.82) is 0 Å². The van der Waals surface area contributed by atoms with E-state index in [1.54, 1.807) is 24.9 Å². The minimum Gasteiger partial charge on any atom is -0.361 e. The highest BCUT2D eigenvalue weighted by atomic mass is 16.5. The van der Waals surface area contributed by atoms with Crippen molar-refractivity contribution in [3.05, 3.63) is 83.2 Å². The highest BCUT2D eigenvalue weighted by Crippen LogP contribution is 2.45. The highest BCUT2D eigenvalue weighted by molar-refractivity contribution is 6.09. The van der Waals surface area contributed by atoms with Crippen molar-refractivity contribution in [2.24, 2.45) is 0 Å². The molecule has 29 heavy (non-hydrogen) atoms. The van der Waals surface area contributed by atoms with Crippen LogP contribution in [0.4, 0.5) is 5.69 Å². The molecular weight excluding hydrogens is 366 g/mol. The molecule has 0 aliphatic carbocycles. The van der Waals surface area contributed by atoms with Gasteiger partial charge in [0.05, 0.1) is 12.0 Å². The zero-order chi connectivity index (χ0) is 20.4. The van der Waals surface area contributed by atoms with Crippen LogP contribution in [0.25, 0.3) is 0 Å². The van der Waals surface area contributed by atoms with Crippen LogP contribution in [0.2, 0.25) is 0 Å². The quantitative estimate of drug-likeness (QED) is 0.703. The molecule has 2 amide bonds. The highest BCUT2D eigenvalue weighted by Gasteiger charge is 2.50. The van der Waals surface area contributed by atoms with Crippen LogP contribution in [0, 0.1) is 6.92 Å². The number of nitrogens with zero attached hydrogens (tertiary/aromatic N) is 2. The lowest BCUT2D eigenvalue weighted by molar-refractivity contribution is -0.129. The lowest BCUT2D eigenvalue weighted by Crippen LogP contribution is -2.44. The van der Waals surface area contributed by atoms with E-state index in [0.717, 1.165) is 16.8 Å². The molecule has 2 aromatic carbocycles. The average Bonchev–Trinajstić information content (AvgIpc) is 3.23. The number of amides is 2. The Morgan fingerprint density at radius 1 is 1.14 bits per heavy atom. The SMILES string of the molecule is Cc1cc(CNC(=O)CC2(Cc3ccccc3)C(=O)N(C)c3ccccc32)no1. The molecule has 6 nitrogen and oxygen atoms in total. The van der Waals surface area contributed by atoms with Crippen LogP contribution in [0.5, 0.6) is 0 Å². The molecule has 4 rings (SSSR count). The number of aromatic nitrogens is 1. The number of hydrogen-bond donors (Lipinski definition) is 1. The lowest BCUT2D eigenvalue weighted by atomic mass is 9.73. The number of carbonyl (C=O) groups is 2. The first-order chi connectivity index (χ1) is 14.0. The van der Waals surface area contributed by atoms with Gasteiger partial charge in [-0.2, -0.15) is 0 Å². The summed E-state index contributed by atoms with van der Waals surface area (Å²) in [5, 5.41) is 6.79. The van der Waals surface area contributed by atoms with Gasteiger partial charge in [0.25, 0.3) is 0 Å². The Kier molecular flexibility index (Phi) is 4.92. The summed E-state index contributed by atoms with van der Waals surface area (Å²) in [5.41, 5.74) is 2.49. The van der Waals surface area contributed by atoms with E-state index in [1.807, 2.05) is 54.6 Å². The summed E-state index contributed by atoms with van der Waals surface area (Å²) >= 11 is 0. The molecule has 0 saturated carbocycles. The van der Waals surface area contributed by atoms with Gasteiger partial charge < -0.3 is 14.7 Å². The molecule has 148 valence electrons. The largest absolute Gasteiger partial charge is 0.361 e. The molecule has 2 heterocycles. The standard InChI is InChI=1S/C23H23N3O3/c1-16-12-18(25-29-16)15-24-21(27)14-23(13-17-8-4-3-5-9-17)19-10-6-7-11-20(19)26(2)22(23)28/h3-12H,13-15H2,1-2H3,(H,24,27). The third-order valence-corrected chi connectivity index (χ3v) is 5.45. The summed E-state index contributed by atoms with van der Waals surface area (Å²) in [4.78, 5) is 28.0. The smallest absolute Gasteiger partial charge is 0.238 e. The van der Waals surface area contributed by atoms with Crippen LogP contribution in [0.1, 0.15) is 29.0 Å². The lowest BCUT2D eigenvalue weighted by Gasteiger charge is -2.28. The molecule has 3 aromatic rings. The molecule has 0 saturated heterocycles. The molecule has 1 aliphatic heterocycles. The number of aryl methyl sites for hydroxylation is 1. The molecule has 0 fully saturated rings. The van der Waals surface area contributed by atoms with Crippen LogP contribution in [0.3, 0.4) is 0 Å². The zero-order valence-electron chi connectivity index (χ0n) is 16.5. The van der Waals surface area contributed by atoms with E-state index in [0.29, 0.717) is 17.9 Å². The van der Waals surface area contributed by atoms with Gasteiger partial charge in [-0.1, -0.05) is 53.7 Å². The topological polar surface area (TPSA) is 75.4 Å². The number of hydrogen-bond acceptors (Lipinski definition) is 4. The molecule has 1 aliphatic rings. The van der Waals surface area contributed by atoms with E-state index in [2.05, 4.69) is 10.5 Å². The molecule has 0 radical (unpaired) electrons. The van der Waals surface area contributed by atoms with Crippen molar-refractivity contribution < 1.29 is 14.1 Å². The number of benzene rings is 2. The van der Waals surface area contributed by atoms with Crippen molar-refractivity contribution in [3.8, 4) is 0 Å². The summed E-state index contributed by atoms with van der Waals surface area (Å²) in [6.07, 6.45) is 0.531. The number of likely N-dealkylation sites (N-methyl/N-ethyl adjacent to an activating group) is 1. The second-order valence-corrected chi connectivity index (χ2v) is 7.51. The number of nitrogens with one attached hydrogen (secondary N) is 1. The zero-order valence-corrected chi connectivity index (χ0v) is 16.5. The summed E-state index contributed by atoms with van der Waals surface area (Å²) < 4.78 is 5.04. The third-order valence-electron chi connectivity index (χ3n) is 5.45. The normalized spacial score (nSPS) is 18.0. The van der Waals surface area contributed by atoms with Crippen LogP contribution in [-0.2, 0) is 28.0 Å². The summed E-state index contributed by atoms with van der Waals surface area (Å²) in [7, 11) is 1.77. The van der Waals surface area contributed by atoms with Crippen LogP contribution in [0.15, 0.2) is 65.2 Å². The maximum atomic E-state index is 13.4. The van der Waals surface area contributed by atoms with E-state index >= 15 is 0 Å². The summed E-state index contributed by atoms with van der Waals surface area (Å²) in [6.45, 7) is 2.07. The molecule has 0 spiro atoms. The molecule has 1 atom stereocenters. The first-order valence-corrected chi connectivity index (χ1v) is 9.60. The minimum absolute atomic E-state index is 0.0602. The Labute approximate surface area is 169 Å². The second-order valence-electron chi connectivity index (χ2n) is 7.51. The number of fused-ring (bicyclic) bond motifs is 1. The minimum atomic E-state index is -0.934. The van der Waals surface area contributed by atoms with Gasteiger partial charge in [0.2, 0.25) is 11.8 Å². The van der Waals surface area contributed by atoms with Crippen molar-refractivity contribution in [2.75, 3.05) is 11.9 Å². The Bertz CT molecular complexity index is 1040. The van der Waals surface area contributed by atoms with Gasteiger partial charge in [-0.15, -0.1) is 0 Å². The fourth-order valence-corrected chi connectivity index (χ4v) is 4.09. The van der Waals surface area contributed by atoms with Gasteiger partial charge in [0.15, 0.2) is 0 Å². The third kappa shape index (κ3) is 3.53. The summed E-state index contributed by atoms with van der Waals surface area (Å²) in [5.74, 6) is 0.436. The number of para-hydroxylation sites is 1. The first-order valence-electron chi connectivity index (χ1n) is 9.60. The first kappa shape index (κ1) is 18.9. The molecule has 6 heteroatoms. The number of anilines is 1. The van der Waals surface area contributed by atoms with E-state index in [9.17, 15) is 9.59 Å². The van der Waals surface area contributed by atoms with E-state index < -0.39 is 5.41 Å². The molecule has 1 aromatic heterocycles. The number of carbonyl (C=O) groups excluding carboxylic acids is 2. The van der Waals surface area contributed by atoms with Gasteiger partial charge in [0, 0.05) is 25.2 Å². The van der Waals surface area contributed by atoms with Gasteiger partial charge >= 0.3 is 0 Å². The van der Waals surface area contributed by atoms with Gasteiger partial charge in [-0.3, -0.25) is 9.59 Å². The van der Waals surface area contributed by atoms with Crippen LogP contribution < -0.4 is 10.2 Å². The van der Waals surface area contributed by atoms with E-state index in [4.69, 9.17) is 4.52 Å². The second kappa shape index (κ2) is 7.54. The Morgan fingerprint density at radius 2 is 1.86 bits per heavy atom. The predicted molar refractivity (Wildman–Crippen MR) is 109 cm³/mol. The Balaban J connectivity index is 1.64. The molecular formula is C23H23N3O3. The molecule has 1 unspecified atom stereocenters. The Hall–Kier alpha value is -3.41. The van der Waals surface area contributed by atoms with Crippen molar-refractivity contribution in [3.63, 3.8) is 0 Å². The van der Waals surface area contributed by atoms with E-state index in [1.165, 1.54) is 0 Å². The van der Waals surface area contributed by atoms with Crippen molar-refractivity contribution in [2.45, 2.75) is 31.7 Å². The van der Waals surface area contributed by atoms with Crippen molar-refractivity contribution >= 4 is 17.5 Å². The molecule has 1 N–H and O–H groups in total.